The zero-order chi connectivity index (χ0) is 8.27. The summed E-state index contributed by atoms with van der Waals surface area (Å²) in [4.78, 5) is 0. The lowest BCUT2D eigenvalue weighted by molar-refractivity contribution is 0.832. The minimum absolute atomic E-state index is 0.443. The third-order valence-corrected chi connectivity index (χ3v) is 3.28. The Morgan fingerprint density at radius 2 is 2.27 bits per heavy atom. The van der Waals surface area contributed by atoms with Crippen LogP contribution in [0, 0.1) is 0 Å². The lowest BCUT2D eigenvalue weighted by Crippen LogP contribution is -2.31. The van der Waals surface area contributed by atoms with Crippen molar-refractivity contribution in [2.75, 3.05) is 13.5 Å². The van der Waals surface area contributed by atoms with Gasteiger partial charge in [-0.3, -0.25) is 0 Å². The summed E-state index contributed by atoms with van der Waals surface area (Å²) in [5.74, 6) is 0.754. The molecule has 1 nitrogen and oxygen atoms in total. The van der Waals surface area contributed by atoms with Crippen LogP contribution in [-0.2, 0) is 0 Å². The van der Waals surface area contributed by atoms with Gasteiger partial charge < -0.3 is 5.32 Å². The average molecular weight is 173 g/mol. The van der Waals surface area contributed by atoms with E-state index in [4.69, 9.17) is 11.6 Å². The summed E-state index contributed by atoms with van der Waals surface area (Å²) in [6.45, 7) is 3.03. The fourth-order valence-corrected chi connectivity index (χ4v) is 2.59. The van der Waals surface area contributed by atoms with Crippen LogP contribution in [0.4, 0.5) is 0 Å². The quantitative estimate of drug-likeness (QED) is 0.509. The van der Waals surface area contributed by atoms with Gasteiger partial charge in [0.05, 0.1) is 0 Å². The molecule has 1 fully saturated rings. The molecule has 0 bridgehead atoms. The predicted octanol–water partition coefficient (Wildman–Crippen LogP) is 2.03. The summed E-state index contributed by atoms with van der Waals surface area (Å²) < 4.78 is 0. The molecule has 1 N–H and O–H groups in total. The van der Waals surface area contributed by atoms with E-state index in [1.165, 1.54) is 19.3 Å². The molecule has 0 aliphatic heterocycles. The molecule has 3 heteroatoms. The number of alkyl halides is 1. The first-order chi connectivity index (χ1) is 5.25. The fourth-order valence-electron chi connectivity index (χ4n) is 2.06. The van der Waals surface area contributed by atoms with Crippen LogP contribution in [0.1, 0.15) is 19.3 Å². The van der Waals surface area contributed by atoms with Crippen molar-refractivity contribution in [1.29, 1.82) is 0 Å². The molecular formula is C8H17BClN. The number of nitrogens with one attached hydrogen (secondary N) is 1. The summed E-state index contributed by atoms with van der Waals surface area (Å²) >= 11 is 6.18. The van der Waals surface area contributed by atoms with E-state index < -0.39 is 0 Å². The Labute approximate surface area is 75.0 Å². The van der Waals surface area contributed by atoms with Gasteiger partial charge >= 0.3 is 0 Å². The first-order valence-corrected chi connectivity index (χ1v) is 4.98. The average Bonchev–Trinajstić information content (AvgIpc) is 2.36. The van der Waals surface area contributed by atoms with Gasteiger partial charge in [0.15, 0.2) is 6.71 Å². The number of hydrogen-bond donors (Lipinski definition) is 1. The van der Waals surface area contributed by atoms with Gasteiger partial charge in [-0.05, 0) is 25.7 Å². The van der Waals surface area contributed by atoms with Crippen molar-refractivity contribution in [3.05, 3.63) is 0 Å². The molecule has 0 spiro atoms. The van der Waals surface area contributed by atoms with E-state index in [9.17, 15) is 0 Å². The molecule has 0 saturated heterocycles. The normalized spacial score (nSPS) is 30.8. The molecule has 0 amide bonds. The Kier molecular flexibility index (Phi) is 3.73. The zero-order valence-corrected chi connectivity index (χ0v) is 8.19. The lowest BCUT2D eigenvalue weighted by Gasteiger charge is -2.18. The van der Waals surface area contributed by atoms with E-state index in [-0.39, 0.29) is 0 Å². The fraction of sp³-hybridized carbons (Fsp3) is 1.00. The molecule has 1 aliphatic carbocycles. The van der Waals surface area contributed by atoms with Crippen LogP contribution in [0.5, 0.6) is 0 Å². The molecule has 1 saturated carbocycles. The second-order valence-corrected chi connectivity index (χ2v) is 4.21. The summed E-state index contributed by atoms with van der Waals surface area (Å²) in [5, 5.41) is 3.65. The SMILES string of the molecule is CNCB(C)C1CCCC1Cl. The van der Waals surface area contributed by atoms with Crippen molar-refractivity contribution in [1.82, 2.24) is 5.32 Å². The lowest BCUT2D eigenvalue weighted by atomic mass is 9.42. The Morgan fingerprint density at radius 1 is 1.55 bits per heavy atom. The Morgan fingerprint density at radius 3 is 2.73 bits per heavy atom. The molecule has 1 aliphatic rings. The van der Waals surface area contributed by atoms with Crippen LogP contribution in [-0.4, -0.2) is 25.6 Å². The van der Waals surface area contributed by atoms with Gasteiger partial charge in [0, 0.05) is 5.38 Å². The summed E-state index contributed by atoms with van der Waals surface area (Å²) in [6, 6.07) is 0. The van der Waals surface area contributed by atoms with Crippen LogP contribution in [0.2, 0.25) is 12.6 Å². The second-order valence-electron chi connectivity index (χ2n) is 3.65. The first-order valence-electron chi connectivity index (χ1n) is 4.54. The molecule has 0 heterocycles. The van der Waals surface area contributed by atoms with Crippen molar-refractivity contribution in [2.24, 2.45) is 0 Å². The highest BCUT2D eigenvalue weighted by Gasteiger charge is 2.31. The van der Waals surface area contributed by atoms with Gasteiger partial charge in [-0.1, -0.05) is 19.7 Å². The number of rotatable bonds is 3. The second kappa shape index (κ2) is 4.37. The van der Waals surface area contributed by atoms with E-state index in [0.29, 0.717) is 5.38 Å². The summed E-state index contributed by atoms with van der Waals surface area (Å²) in [6.07, 6.45) is 4.98. The Hall–Kier alpha value is 0.315. The van der Waals surface area contributed by atoms with Gasteiger partial charge in [-0.25, -0.2) is 0 Å². The molecule has 0 aromatic rings. The minimum Gasteiger partial charge on any atom is -0.327 e. The predicted molar refractivity (Wildman–Crippen MR) is 52.8 cm³/mol. The molecule has 0 aromatic carbocycles. The van der Waals surface area contributed by atoms with Crippen molar-refractivity contribution >= 4 is 18.3 Å². The van der Waals surface area contributed by atoms with Crippen LogP contribution in [0.3, 0.4) is 0 Å². The highest BCUT2D eigenvalue weighted by molar-refractivity contribution is 6.60. The topological polar surface area (TPSA) is 12.0 Å². The number of halogens is 1. The molecule has 2 atom stereocenters. The van der Waals surface area contributed by atoms with Gasteiger partial charge in [0.1, 0.15) is 0 Å². The molecule has 1 rings (SSSR count). The first kappa shape index (κ1) is 9.40. The van der Waals surface area contributed by atoms with E-state index in [0.717, 1.165) is 19.0 Å². The zero-order valence-electron chi connectivity index (χ0n) is 7.44. The van der Waals surface area contributed by atoms with Crippen molar-refractivity contribution in [3.8, 4) is 0 Å². The molecule has 2 unspecified atom stereocenters. The number of hydrogen-bond acceptors (Lipinski definition) is 1. The van der Waals surface area contributed by atoms with E-state index in [1.807, 2.05) is 7.05 Å². The van der Waals surface area contributed by atoms with Crippen LogP contribution >= 0.6 is 11.6 Å². The minimum atomic E-state index is 0.443. The van der Waals surface area contributed by atoms with E-state index >= 15 is 0 Å². The Balaban J connectivity index is 2.33. The maximum absolute atomic E-state index is 6.18. The van der Waals surface area contributed by atoms with Gasteiger partial charge in [0.25, 0.3) is 0 Å². The highest BCUT2D eigenvalue weighted by atomic mass is 35.5. The highest BCUT2D eigenvalue weighted by Crippen LogP contribution is 2.36. The van der Waals surface area contributed by atoms with E-state index in [1.54, 1.807) is 0 Å². The summed E-state index contributed by atoms with van der Waals surface area (Å²) in [7, 11) is 2.01. The summed E-state index contributed by atoms with van der Waals surface area (Å²) in [5.41, 5.74) is 0. The maximum Gasteiger partial charge on any atom is 0.157 e. The largest absolute Gasteiger partial charge is 0.327 e. The molecule has 11 heavy (non-hydrogen) atoms. The maximum atomic E-state index is 6.18. The van der Waals surface area contributed by atoms with Gasteiger partial charge in [-0.2, -0.15) is 0 Å². The van der Waals surface area contributed by atoms with Crippen molar-refractivity contribution in [3.63, 3.8) is 0 Å². The van der Waals surface area contributed by atoms with Gasteiger partial charge in [-0.15, -0.1) is 11.6 Å². The smallest absolute Gasteiger partial charge is 0.157 e. The Bertz CT molecular complexity index is 121. The van der Waals surface area contributed by atoms with Gasteiger partial charge in [0.2, 0.25) is 0 Å². The molecule has 64 valence electrons. The molecule has 0 radical (unpaired) electrons. The molecule has 0 aromatic heterocycles. The van der Waals surface area contributed by atoms with Crippen LogP contribution < -0.4 is 5.32 Å². The van der Waals surface area contributed by atoms with Crippen LogP contribution in [0.25, 0.3) is 0 Å². The van der Waals surface area contributed by atoms with E-state index in [2.05, 4.69) is 12.1 Å². The molecular weight excluding hydrogens is 156 g/mol. The monoisotopic (exact) mass is 173 g/mol. The van der Waals surface area contributed by atoms with Crippen molar-refractivity contribution in [2.45, 2.75) is 37.3 Å². The standard InChI is InChI=1S/C8H17BClN/c1-9(6-11-2)7-4-3-5-8(7)10/h7-8,11H,3-6H2,1-2H3. The third kappa shape index (κ3) is 2.38. The third-order valence-electron chi connectivity index (χ3n) is 2.74. The van der Waals surface area contributed by atoms with Crippen molar-refractivity contribution < 1.29 is 0 Å². The van der Waals surface area contributed by atoms with Crippen LogP contribution in [0.15, 0.2) is 0 Å².